The van der Waals surface area contributed by atoms with Gasteiger partial charge in [-0.1, -0.05) is 30.7 Å². The summed E-state index contributed by atoms with van der Waals surface area (Å²) in [6, 6.07) is 7.77. The zero-order valence-electron chi connectivity index (χ0n) is 15.6. The zero-order chi connectivity index (χ0) is 20.1. The van der Waals surface area contributed by atoms with Gasteiger partial charge in [0.25, 0.3) is 10.0 Å². The number of nitrogens with zero attached hydrogens (tertiary/aromatic N) is 2. The van der Waals surface area contributed by atoms with Crippen LogP contribution in [-0.4, -0.2) is 17.4 Å². The number of benzene rings is 1. The Morgan fingerprint density at radius 2 is 2.07 bits per heavy atom. The fourth-order valence-electron chi connectivity index (χ4n) is 3.99. The molecule has 0 amide bonds. The minimum absolute atomic E-state index is 0.0755. The molecule has 1 aliphatic carbocycles. The molecule has 0 spiro atoms. The van der Waals surface area contributed by atoms with E-state index in [0.29, 0.717) is 11.3 Å². The van der Waals surface area contributed by atoms with Gasteiger partial charge in [-0.05, 0) is 67.0 Å². The lowest BCUT2D eigenvalue weighted by Crippen LogP contribution is -2.15. The third-order valence-corrected chi connectivity index (χ3v) is 7.48. The first-order chi connectivity index (χ1) is 13.3. The predicted molar refractivity (Wildman–Crippen MR) is 108 cm³/mol. The molecule has 0 saturated carbocycles. The molecule has 1 aromatic carbocycles. The maximum atomic E-state index is 14.7. The van der Waals surface area contributed by atoms with Gasteiger partial charge >= 0.3 is 0 Å². The molecule has 3 aromatic rings. The lowest BCUT2D eigenvalue weighted by Gasteiger charge is -2.14. The van der Waals surface area contributed by atoms with Gasteiger partial charge < -0.3 is 0 Å². The van der Waals surface area contributed by atoms with Gasteiger partial charge in [0, 0.05) is 18.0 Å². The number of hydrogen-bond acceptors (Lipinski definition) is 3. The average molecular weight is 419 g/mol. The number of fused-ring (bicyclic) bond motifs is 1. The summed E-state index contributed by atoms with van der Waals surface area (Å²) in [4.78, 5) is 3.91. The van der Waals surface area contributed by atoms with E-state index >= 15 is 0 Å². The van der Waals surface area contributed by atoms with Gasteiger partial charge in [0.2, 0.25) is 0 Å². The summed E-state index contributed by atoms with van der Waals surface area (Å²) in [6.07, 6.45) is 5.73. The van der Waals surface area contributed by atoms with E-state index in [0.717, 1.165) is 30.4 Å². The third-order valence-electron chi connectivity index (χ3n) is 5.40. The average Bonchev–Trinajstić information content (AvgIpc) is 3.23. The second-order valence-electron chi connectivity index (χ2n) is 7.14. The summed E-state index contributed by atoms with van der Waals surface area (Å²) in [5.74, 6) is -0.184. The van der Waals surface area contributed by atoms with Crippen molar-refractivity contribution in [1.29, 1.82) is 0 Å². The van der Waals surface area contributed by atoms with E-state index in [-0.39, 0.29) is 21.5 Å². The van der Waals surface area contributed by atoms with E-state index in [1.54, 1.807) is 31.3 Å². The Kier molecular flexibility index (Phi) is 4.79. The van der Waals surface area contributed by atoms with E-state index in [1.165, 1.54) is 22.3 Å². The molecule has 1 atom stereocenters. The van der Waals surface area contributed by atoms with Crippen molar-refractivity contribution in [3.63, 3.8) is 0 Å². The molecule has 4 rings (SSSR count). The van der Waals surface area contributed by atoms with Crippen LogP contribution in [0.5, 0.6) is 0 Å². The fraction of sp³-hybridized carbons (Fsp3) is 0.286. The van der Waals surface area contributed by atoms with Gasteiger partial charge in [0.15, 0.2) is 0 Å². The Balaban J connectivity index is 2.03. The summed E-state index contributed by atoms with van der Waals surface area (Å²) in [7, 11) is -4.04. The molecule has 1 unspecified atom stereocenters. The zero-order valence-corrected chi connectivity index (χ0v) is 17.2. The molecule has 0 fully saturated rings. The molecule has 2 heterocycles. The topological polar surface area (TPSA) is 52.0 Å². The van der Waals surface area contributed by atoms with Crippen molar-refractivity contribution in [2.45, 2.75) is 43.9 Å². The van der Waals surface area contributed by atoms with Crippen LogP contribution in [0.15, 0.2) is 47.6 Å². The molecular weight excluding hydrogens is 399 g/mol. The fourth-order valence-corrected chi connectivity index (χ4v) is 5.90. The highest BCUT2D eigenvalue weighted by Gasteiger charge is 2.34. The van der Waals surface area contributed by atoms with Gasteiger partial charge in [-0.15, -0.1) is 0 Å². The van der Waals surface area contributed by atoms with Crippen LogP contribution in [-0.2, 0) is 16.4 Å². The minimum atomic E-state index is -4.04. The third kappa shape index (κ3) is 2.95. The Bertz CT molecular complexity index is 1170. The molecule has 0 saturated heterocycles. The van der Waals surface area contributed by atoms with Crippen LogP contribution in [0.3, 0.4) is 0 Å². The number of hydrogen-bond donors (Lipinski definition) is 0. The van der Waals surface area contributed by atoms with Crippen molar-refractivity contribution in [2.24, 2.45) is 0 Å². The molecule has 1 aliphatic rings. The summed E-state index contributed by atoms with van der Waals surface area (Å²) < 4.78 is 42.9. The maximum Gasteiger partial charge on any atom is 0.271 e. The van der Waals surface area contributed by atoms with Gasteiger partial charge in [-0.2, -0.15) is 0 Å². The standard InChI is InChI=1S/C21H20ClFN2O2S/c1-3-14-8-9-15-17(14)12-25(20(15)16-6-4-5-7-18(16)23)28(26,27)19-10-13(2)11-24-21(19)22/h4-7,10-12,14H,3,8-9H2,1-2H3. The Hall–Kier alpha value is -2.18. The van der Waals surface area contributed by atoms with Crippen molar-refractivity contribution < 1.29 is 12.8 Å². The molecular formula is C21H20ClFN2O2S. The Labute approximate surface area is 169 Å². The van der Waals surface area contributed by atoms with Crippen molar-refractivity contribution in [3.8, 4) is 11.3 Å². The van der Waals surface area contributed by atoms with Crippen LogP contribution in [0, 0.1) is 12.7 Å². The lowest BCUT2D eigenvalue weighted by atomic mass is 10.0. The maximum absolute atomic E-state index is 14.7. The first kappa shape index (κ1) is 19.2. The molecule has 2 aromatic heterocycles. The predicted octanol–water partition coefficient (Wildman–Crippen LogP) is 5.33. The summed E-state index contributed by atoms with van der Waals surface area (Å²) in [5, 5.41) is -0.0917. The molecule has 7 heteroatoms. The van der Waals surface area contributed by atoms with E-state index < -0.39 is 15.8 Å². The number of aromatic nitrogens is 2. The number of rotatable bonds is 4. The van der Waals surface area contributed by atoms with E-state index in [4.69, 9.17) is 11.6 Å². The van der Waals surface area contributed by atoms with Crippen molar-refractivity contribution in [2.75, 3.05) is 0 Å². The monoisotopic (exact) mass is 418 g/mol. The van der Waals surface area contributed by atoms with Crippen LogP contribution < -0.4 is 0 Å². The molecule has 0 aliphatic heterocycles. The van der Waals surface area contributed by atoms with Gasteiger partial charge in [-0.25, -0.2) is 21.8 Å². The minimum Gasteiger partial charge on any atom is -0.243 e. The number of aryl methyl sites for hydroxylation is 1. The van der Waals surface area contributed by atoms with Crippen molar-refractivity contribution in [1.82, 2.24) is 8.96 Å². The van der Waals surface area contributed by atoms with Crippen LogP contribution in [0.2, 0.25) is 5.15 Å². The van der Waals surface area contributed by atoms with Crippen LogP contribution in [0.25, 0.3) is 11.3 Å². The number of pyridine rings is 1. The highest BCUT2D eigenvalue weighted by Crippen LogP contribution is 2.44. The lowest BCUT2D eigenvalue weighted by molar-refractivity contribution is 0.585. The summed E-state index contributed by atoms with van der Waals surface area (Å²) in [5.41, 5.74) is 3.22. The van der Waals surface area contributed by atoms with E-state index in [1.807, 2.05) is 0 Å². The van der Waals surface area contributed by atoms with Crippen LogP contribution in [0.4, 0.5) is 4.39 Å². The first-order valence-corrected chi connectivity index (χ1v) is 11.0. The van der Waals surface area contributed by atoms with E-state index in [9.17, 15) is 12.8 Å². The van der Waals surface area contributed by atoms with Gasteiger partial charge in [-0.3, -0.25) is 0 Å². The quantitative estimate of drug-likeness (QED) is 0.538. The summed E-state index contributed by atoms with van der Waals surface area (Å²) >= 11 is 6.13. The molecule has 0 radical (unpaired) electrons. The van der Waals surface area contributed by atoms with Gasteiger partial charge in [0.1, 0.15) is 15.9 Å². The molecule has 146 valence electrons. The highest BCUT2D eigenvalue weighted by atomic mass is 35.5. The largest absolute Gasteiger partial charge is 0.271 e. The second-order valence-corrected chi connectivity index (χ2v) is 9.28. The molecule has 28 heavy (non-hydrogen) atoms. The second kappa shape index (κ2) is 7.01. The number of halogens is 2. The first-order valence-electron chi connectivity index (χ1n) is 9.21. The van der Waals surface area contributed by atoms with Crippen molar-refractivity contribution in [3.05, 3.63) is 70.4 Å². The molecule has 0 N–H and O–H groups in total. The normalized spacial score (nSPS) is 16.4. The smallest absolute Gasteiger partial charge is 0.243 e. The Morgan fingerprint density at radius 1 is 1.32 bits per heavy atom. The molecule has 4 nitrogen and oxygen atoms in total. The van der Waals surface area contributed by atoms with Crippen molar-refractivity contribution >= 4 is 21.6 Å². The van der Waals surface area contributed by atoms with Crippen LogP contribution >= 0.6 is 11.6 Å². The molecule has 0 bridgehead atoms. The van der Waals surface area contributed by atoms with Crippen LogP contribution in [0.1, 0.15) is 42.4 Å². The SMILES string of the molecule is CCC1CCc2c1cn(S(=O)(=O)c1cc(C)cnc1Cl)c2-c1ccccc1F. The highest BCUT2D eigenvalue weighted by molar-refractivity contribution is 7.90. The van der Waals surface area contributed by atoms with Gasteiger partial charge in [0.05, 0.1) is 5.69 Å². The summed E-state index contributed by atoms with van der Waals surface area (Å²) in [6.45, 7) is 3.83. The van der Waals surface area contributed by atoms with E-state index in [2.05, 4.69) is 11.9 Å². The Morgan fingerprint density at radius 3 is 2.79 bits per heavy atom.